The van der Waals surface area contributed by atoms with Crippen LogP contribution in [-0.2, 0) is 16.7 Å². The fourth-order valence-corrected chi connectivity index (χ4v) is 4.41. The van der Waals surface area contributed by atoms with Gasteiger partial charge < -0.3 is 15.8 Å². The maximum atomic E-state index is 15.6. The molecule has 1 aliphatic heterocycles. The lowest BCUT2D eigenvalue weighted by atomic mass is 9.78. The normalized spacial score (nSPS) is 25.9. The molecule has 0 amide bonds. The van der Waals surface area contributed by atoms with Crippen molar-refractivity contribution in [2.75, 3.05) is 11.9 Å². The molecule has 4 rings (SSSR count). The Balaban J connectivity index is 1.73. The number of nitrogens with one attached hydrogen (secondary N) is 1. The van der Waals surface area contributed by atoms with E-state index >= 15 is 8.78 Å². The molecule has 3 N–H and O–H groups in total. The summed E-state index contributed by atoms with van der Waals surface area (Å²) >= 11 is 0. The van der Waals surface area contributed by atoms with Gasteiger partial charge in [-0.2, -0.15) is 5.26 Å². The number of aliphatic imine (C=N–C) groups is 1. The number of alkyl halides is 2. The van der Waals surface area contributed by atoms with Gasteiger partial charge in [-0.1, -0.05) is 0 Å². The van der Waals surface area contributed by atoms with E-state index in [4.69, 9.17) is 15.7 Å². The monoisotopic (exact) mass is 443 g/mol. The highest BCUT2D eigenvalue weighted by molar-refractivity contribution is 5.82. The molecule has 32 heavy (non-hydrogen) atoms. The van der Waals surface area contributed by atoms with Gasteiger partial charge in [-0.25, -0.2) is 13.2 Å². The number of halogens is 3. The first-order valence-corrected chi connectivity index (χ1v) is 10.3. The van der Waals surface area contributed by atoms with Crippen LogP contribution in [0.15, 0.2) is 35.5 Å². The molecule has 0 bridgehead atoms. The first-order chi connectivity index (χ1) is 15.0. The van der Waals surface area contributed by atoms with E-state index in [1.165, 1.54) is 39.1 Å². The first-order valence-electron chi connectivity index (χ1n) is 10.3. The zero-order valence-corrected chi connectivity index (χ0v) is 18.0. The lowest BCUT2D eigenvalue weighted by Gasteiger charge is -2.42. The number of nitrogens with two attached hydrogens (primary N) is 1. The van der Waals surface area contributed by atoms with Gasteiger partial charge in [0.1, 0.15) is 29.9 Å². The minimum absolute atomic E-state index is 0.127. The summed E-state index contributed by atoms with van der Waals surface area (Å²) < 4.78 is 51.5. The standard InChI is InChI=1S/C23H24F3N5O/c1-21(2)23(25,26)22(3,31-19(28)12-32-21)16-9-15(5-6-17(16)24)30-18-7-4-14-8-13(10-27)11-29-20(14)18/h5-6,8-9,11,18,30H,4,7,12H2,1-3H3,(H2,28,31)/t18-,22+/m0/s1. The zero-order valence-electron chi connectivity index (χ0n) is 18.0. The van der Waals surface area contributed by atoms with Gasteiger partial charge in [0.2, 0.25) is 0 Å². The summed E-state index contributed by atoms with van der Waals surface area (Å²) in [4.78, 5) is 8.41. The van der Waals surface area contributed by atoms with Gasteiger partial charge in [-0.05, 0) is 63.4 Å². The molecule has 6 nitrogen and oxygen atoms in total. The third kappa shape index (κ3) is 3.39. The summed E-state index contributed by atoms with van der Waals surface area (Å²) in [6.07, 6.45) is 2.94. The molecule has 0 saturated carbocycles. The largest absolute Gasteiger partial charge is 0.385 e. The number of aryl methyl sites for hydroxylation is 1. The number of fused-ring (bicyclic) bond motifs is 1. The number of amidine groups is 1. The van der Waals surface area contributed by atoms with Crippen molar-refractivity contribution in [2.45, 2.75) is 56.7 Å². The SMILES string of the molecule is CC1(C)OCC(N)=N[C@](C)(c2cc(N[C@H]3CCc4cc(C#N)cnc43)ccc2F)C1(F)F. The van der Waals surface area contributed by atoms with Crippen molar-refractivity contribution in [3.63, 3.8) is 0 Å². The van der Waals surface area contributed by atoms with Crippen molar-refractivity contribution >= 4 is 11.5 Å². The smallest absolute Gasteiger partial charge is 0.304 e. The summed E-state index contributed by atoms with van der Waals surface area (Å²) in [5.41, 5.74) is 4.03. The van der Waals surface area contributed by atoms with Gasteiger partial charge in [-0.3, -0.25) is 9.98 Å². The summed E-state index contributed by atoms with van der Waals surface area (Å²) in [6.45, 7) is 3.40. The molecule has 1 aliphatic carbocycles. The van der Waals surface area contributed by atoms with E-state index in [1.54, 1.807) is 6.07 Å². The van der Waals surface area contributed by atoms with Gasteiger partial charge >= 0.3 is 5.92 Å². The highest BCUT2D eigenvalue weighted by Crippen LogP contribution is 2.51. The van der Waals surface area contributed by atoms with Gasteiger partial charge in [-0.15, -0.1) is 0 Å². The van der Waals surface area contributed by atoms with Crippen LogP contribution in [0.3, 0.4) is 0 Å². The maximum Gasteiger partial charge on any atom is 0.304 e. The van der Waals surface area contributed by atoms with Crippen molar-refractivity contribution in [3.8, 4) is 6.07 Å². The summed E-state index contributed by atoms with van der Waals surface area (Å²) in [5.74, 6) is -4.50. The van der Waals surface area contributed by atoms with Crippen LogP contribution >= 0.6 is 0 Å². The Hall–Kier alpha value is -3.12. The fraction of sp³-hybridized carbons (Fsp3) is 0.435. The van der Waals surface area contributed by atoms with Gasteiger partial charge in [0, 0.05) is 17.4 Å². The van der Waals surface area contributed by atoms with Gasteiger partial charge in [0.05, 0.1) is 17.3 Å². The Kier molecular flexibility index (Phi) is 5.17. The Bertz CT molecular complexity index is 1140. The third-order valence-corrected chi connectivity index (χ3v) is 6.31. The third-order valence-electron chi connectivity index (χ3n) is 6.31. The average Bonchev–Trinajstić information content (AvgIpc) is 3.12. The van der Waals surface area contributed by atoms with Crippen LogP contribution in [0.25, 0.3) is 0 Å². The molecule has 0 unspecified atom stereocenters. The van der Waals surface area contributed by atoms with E-state index in [2.05, 4.69) is 21.4 Å². The second-order valence-corrected chi connectivity index (χ2v) is 8.86. The molecule has 168 valence electrons. The van der Waals surface area contributed by atoms with Gasteiger partial charge in [0.25, 0.3) is 0 Å². The van der Waals surface area contributed by atoms with E-state index in [1.807, 2.05) is 0 Å². The van der Waals surface area contributed by atoms with Crippen LogP contribution in [0.1, 0.15) is 55.6 Å². The van der Waals surface area contributed by atoms with E-state index in [-0.39, 0.29) is 24.0 Å². The highest BCUT2D eigenvalue weighted by Gasteiger charge is 2.64. The fourth-order valence-electron chi connectivity index (χ4n) is 4.41. The van der Waals surface area contributed by atoms with Crippen molar-refractivity contribution in [2.24, 2.45) is 10.7 Å². The molecule has 0 spiro atoms. The number of nitrogens with zero attached hydrogens (tertiary/aromatic N) is 3. The second kappa shape index (κ2) is 7.48. The highest BCUT2D eigenvalue weighted by atomic mass is 19.3. The average molecular weight is 443 g/mol. The van der Waals surface area contributed by atoms with Crippen LogP contribution in [-0.4, -0.2) is 29.0 Å². The molecule has 2 aromatic rings. The number of anilines is 1. The Morgan fingerprint density at radius 2 is 2.00 bits per heavy atom. The molecule has 0 radical (unpaired) electrons. The minimum atomic E-state index is -3.56. The Labute approximate surface area is 184 Å². The van der Waals surface area contributed by atoms with E-state index in [9.17, 15) is 4.39 Å². The van der Waals surface area contributed by atoms with Gasteiger partial charge in [0.15, 0.2) is 5.54 Å². The molecular weight excluding hydrogens is 419 g/mol. The van der Waals surface area contributed by atoms with Crippen LogP contribution in [0.4, 0.5) is 18.9 Å². The molecule has 1 aromatic carbocycles. The number of hydrogen-bond acceptors (Lipinski definition) is 6. The van der Waals surface area contributed by atoms with Crippen LogP contribution in [0.5, 0.6) is 0 Å². The molecule has 0 saturated heterocycles. The van der Waals surface area contributed by atoms with E-state index < -0.39 is 22.9 Å². The molecule has 2 aliphatic rings. The number of pyridine rings is 1. The lowest BCUT2D eigenvalue weighted by molar-refractivity contribution is -0.214. The summed E-state index contributed by atoms with van der Waals surface area (Å²) in [5, 5.41) is 12.3. The van der Waals surface area contributed by atoms with E-state index in [0.717, 1.165) is 23.7 Å². The topological polar surface area (TPSA) is 96.3 Å². The Morgan fingerprint density at radius 3 is 2.72 bits per heavy atom. The maximum absolute atomic E-state index is 15.6. The van der Waals surface area contributed by atoms with Crippen molar-refractivity contribution < 1.29 is 17.9 Å². The molecule has 2 atom stereocenters. The molecule has 2 heterocycles. The Morgan fingerprint density at radius 1 is 1.25 bits per heavy atom. The van der Waals surface area contributed by atoms with E-state index in [0.29, 0.717) is 17.7 Å². The van der Waals surface area contributed by atoms with Crippen LogP contribution < -0.4 is 11.1 Å². The number of rotatable bonds is 3. The molecule has 1 aromatic heterocycles. The second-order valence-electron chi connectivity index (χ2n) is 8.86. The predicted octanol–water partition coefficient (Wildman–Crippen LogP) is 4.21. The molecular formula is C23H24F3N5O. The summed E-state index contributed by atoms with van der Waals surface area (Å²) in [7, 11) is 0. The first kappa shape index (κ1) is 22.1. The zero-order chi connectivity index (χ0) is 23.3. The van der Waals surface area contributed by atoms with Crippen molar-refractivity contribution in [1.29, 1.82) is 5.26 Å². The van der Waals surface area contributed by atoms with Crippen molar-refractivity contribution in [3.05, 3.63) is 58.7 Å². The predicted molar refractivity (Wildman–Crippen MR) is 114 cm³/mol. The lowest BCUT2D eigenvalue weighted by Crippen LogP contribution is -2.56. The number of hydrogen-bond donors (Lipinski definition) is 2. The number of benzene rings is 1. The number of nitriles is 1. The van der Waals surface area contributed by atoms with Crippen molar-refractivity contribution in [1.82, 2.24) is 4.98 Å². The minimum Gasteiger partial charge on any atom is -0.385 e. The number of ether oxygens (including phenoxy) is 1. The molecule has 9 heteroatoms. The summed E-state index contributed by atoms with van der Waals surface area (Å²) in [6, 6.07) is 7.67. The van der Waals surface area contributed by atoms with Crippen LogP contribution in [0, 0.1) is 17.1 Å². The quantitative estimate of drug-likeness (QED) is 0.741. The van der Waals surface area contributed by atoms with Crippen LogP contribution in [0.2, 0.25) is 0 Å². The number of aromatic nitrogens is 1. The molecule has 0 fully saturated rings.